The molecule has 1 aliphatic heterocycles. The lowest BCUT2D eigenvalue weighted by molar-refractivity contribution is 0.683. The predicted molar refractivity (Wildman–Crippen MR) is 96.5 cm³/mol. The second kappa shape index (κ2) is 6.75. The first-order valence-corrected chi connectivity index (χ1v) is 8.07. The molecule has 1 unspecified atom stereocenters. The van der Waals surface area contributed by atoms with Crippen LogP contribution in [0.1, 0.15) is 12.0 Å². The first-order chi connectivity index (χ1) is 11.6. The van der Waals surface area contributed by atoms with Crippen molar-refractivity contribution in [2.75, 3.05) is 48.9 Å². The molecule has 2 heterocycles. The largest absolute Gasteiger partial charge is 0.368 e. The highest BCUT2D eigenvalue weighted by Crippen LogP contribution is 2.27. The molecule has 0 aliphatic carbocycles. The quantitative estimate of drug-likeness (QED) is 0.859. The standard InChI is InChI=1S/C18H22N6/c1-22(2)18-20-10-8-17(21-18)23(3)15-9-11-24(13-15)16-7-5-4-6-14(16)12-19/h4-8,10,15H,9,11,13H2,1-3H3. The Morgan fingerprint density at radius 2 is 2.00 bits per heavy atom. The fourth-order valence-electron chi connectivity index (χ4n) is 3.06. The van der Waals surface area contributed by atoms with Crippen molar-refractivity contribution in [3.8, 4) is 6.07 Å². The molecule has 0 N–H and O–H groups in total. The van der Waals surface area contributed by atoms with E-state index in [1.54, 1.807) is 6.20 Å². The molecule has 24 heavy (non-hydrogen) atoms. The number of benzene rings is 1. The number of likely N-dealkylation sites (N-methyl/N-ethyl adjacent to an activating group) is 1. The van der Waals surface area contributed by atoms with Crippen LogP contribution in [0.15, 0.2) is 36.5 Å². The van der Waals surface area contributed by atoms with Crippen LogP contribution in [-0.4, -0.2) is 50.2 Å². The van der Waals surface area contributed by atoms with Gasteiger partial charge < -0.3 is 14.7 Å². The highest BCUT2D eigenvalue weighted by molar-refractivity contribution is 5.60. The SMILES string of the molecule is CN(C)c1nccc(N(C)C2CCN(c3ccccc3C#N)C2)n1. The van der Waals surface area contributed by atoms with Crippen LogP contribution in [-0.2, 0) is 0 Å². The summed E-state index contributed by atoms with van der Waals surface area (Å²) in [7, 11) is 5.95. The molecule has 1 fully saturated rings. The van der Waals surface area contributed by atoms with Crippen molar-refractivity contribution in [2.24, 2.45) is 0 Å². The molecular weight excluding hydrogens is 300 g/mol. The van der Waals surface area contributed by atoms with E-state index in [4.69, 9.17) is 0 Å². The van der Waals surface area contributed by atoms with E-state index in [0.717, 1.165) is 36.6 Å². The van der Waals surface area contributed by atoms with Gasteiger partial charge in [0.05, 0.1) is 11.3 Å². The second-order valence-corrected chi connectivity index (χ2v) is 6.24. The van der Waals surface area contributed by atoms with Crippen LogP contribution in [0.3, 0.4) is 0 Å². The maximum atomic E-state index is 9.31. The minimum atomic E-state index is 0.363. The van der Waals surface area contributed by atoms with Crippen molar-refractivity contribution in [2.45, 2.75) is 12.5 Å². The molecule has 0 amide bonds. The van der Waals surface area contributed by atoms with Crippen molar-refractivity contribution in [3.63, 3.8) is 0 Å². The average Bonchev–Trinajstić information content (AvgIpc) is 3.11. The van der Waals surface area contributed by atoms with Crippen LogP contribution in [0.25, 0.3) is 0 Å². The molecule has 3 rings (SSSR count). The lowest BCUT2D eigenvalue weighted by atomic mass is 10.2. The second-order valence-electron chi connectivity index (χ2n) is 6.24. The molecule has 1 aromatic carbocycles. The molecule has 124 valence electrons. The molecule has 0 bridgehead atoms. The van der Waals surface area contributed by atoms with Gasteiger partial charge in [0.2, 0.25) is 5.95 Å². The van der Waals surface area contributed by atoms with Crippen molar-refractivity contribution >= 4 is 17.5 Å². The van der Waals surface area contributed by atoms with E-state index in [-0.39, 0.29) is 0 Å². The summed E-state index contributed by atoms with van der Waals surface area (Å²) >= 11 is 0. The van der Waals surface area contributed by atoms with Gasteiger partial charge in [-0.1, -0.05) is 12.1 Å². The Hall–Kier alpha value is -2.81. The average molecular weight is 322 g/mol. The molecule has 1 aliphatic rings. The lowest BCUT2D eigenvalue weighted by Crippen LogP contribution is -2.35. The molecule has 6 heteroatoms. The van der Waals surface area contributed by atoms with Gasteiger partial charge in [-0.15, -0.1) is 0 Å². The molecule has 6 nitrogen and oxygen atoms in total. The fraction of sp³-hybridized carbons (Fsp3) is 0.389. The van der Waals surface area contributed by atoms with E-state index >= 15 is 0 Å². The summed E-state index contributed by atoms with van der Waals surface area (Å²) in [6.45, 7) is 1.83. The summed E-state index contributed by atoms with van der Waals surface area (Å²) in [5.41, 5.74) is 1.75. The van der Waals surface area contributed by atoms with Crippen LogP contribution in [0, 0.1) is 11.3 Å². The normalized spacial score (nSPS) is 16.8. The van der Waals surface area contributed by atoms with E-state index in [1.165, 1.54) is 0 Å². The van der Waals surface area contributed by atoms with Crippen LogP contribution in [0.5, 0.6) is 0 Å². The Balaban J connectivity index is 1.76. The van der Waals surface area contributed by atoms with Gasteiger partial charge in [-0.3, -0.25) is 0 Å². The lowest BCUT2D eigenvalue weighted by Gasteiger charge is -2.27. The van der Waals surface area contributed by atoms with Gasteiger partial charge in [0.25, 0.3) is 0 Å². The molecule has 0 radical (unpaired) electrons. The Bertz CT molecular complexity index is 751. The highest BCUT2D eigenvalue weighted by atomic mass is 15.3. The molecule has 0 spiro atoms. The Kier molecular flexibility index (Phi) is 4.52. The van der Waals surface area contributed by atoms with Gasteiger partial charge in [-0.2, -0.15) is 10.2 Å². The Morgan fingerprint density at radius 1 is 1.21 bits per heavy atom. The third kappa shape index (κ3) is 3.11. The Labute approximate surface area is 143 Å². The molecule has 0 saturated carbocycles. The first kappa shape index (κ1) is 16.1. The van der Waals surface area contributed by atoms with Crippen LogP contribution in [0.4, 0.5) is 17.5 Å². The van der Waals surface area contributed by atoms with Gasteiger partial charge in [0.15, 0.2) is 0 Å². The molecule has 1 aromatic heterocycles. The molecule has 2 aromatic rings. The van der Waals surface area contributed by atoms with Gasteiger partial charge in [0.1, 0.15) is 11.9 Å². The van der Waals surface area contributed by atoms with Gasteiger partial charge >= 0.3 is 0 Å². The fourth-order valence-corrected chi connectivity index (χ4v) is 3.06. The number of nitrogens with zero attached hydrogens (tertiary/aromatic N) is 6. The minimum absolute atomic E-state index is 0.363. The number of anilines is 3. The number of aromatic nitrogens is 2. The zero-order chi connectivity index (χ0) is 17.1. The summed E-state index contributed by atoms with van der Waals surface area (Å²) in [6, 6.07) is 12.4. The molecular formula is C18H22N6. The summed E-state index contributed by atoms with van der Waals surface area (Å²) in [5.74, 6) is 1.64. The van der Waals surface area contributed by atoms with E-state index in [1.807, 2.05) is 49.3 Å². The maximum Gasteiger partial charge on any atom is 0.226 e. The summed E-state index contributed by atoms with van der Waals surface area (Å²) < 4.78 is 0. The highest BCUT2D eigenvalue weighted by Gasteiger charge is 2.28. The van der Waals surface area contributed by atoms with Crippen molar-refractivity contribution in [1.29, 1.82) is 5.26 Å². The van der Waals surface area contributed by atoms with E-state index in [9.17, 15) is 5.26 Å². The van der Waals surface area contributed by atoms with E-state index in [2.05, 4.69) is 32.9 Å². The predicted octanol–water partition coefficient (Wildman–Crippen LogP) is 2.13. The van der Waals surface area contributed by atoms with Crippen LogP contribution >= 0.6 is 0 Å². The third-order valence-corrected chi connectivity index (χ3v) is 4.47. The third-order valence-electron chi connectivity index (χ3n) is 4.47. The molecule has 1 atom stereocenters. The monoisotopic (exact) mass is 322 g/mol. The smallest absolute Gasteiger partial charge is 0.226 e. The van der Waals surface area contributed by atoms with Gasteiger partial charge in [-0.25, -0.2) is 4.98 Å². The number of hydrogen-bond donors (Lipinski definition) is 0. The number of rotatable bonds is 4. The summed E-state index contributed by atoms with van der Waals surface area (Å²) in [5, 5.41) is 9.31. The summed E-state index contributed by atoms with van der Waals surface area (Å²) in [6.07, 6.45) is 2.84. The number of nitriles is 1. The number of para-hydroxylation sites is 1. The van der Waals surface area contributed by atoms with Crippen molar-refractivity contribution < 1.29 is 0 Å². The topological polar surface area (TPSA) is 59.3 Å². The van der Waals surface area contributed by atoms with E-state index < -0.39 is 0 Å². The van der Waals surface area contributed by atoms with Gasteiger partial charge in [0, 0.05) is 46.5 Å². The first-order valence-electron chi connectivity index (χ1n) is 8.07. The summed E-state index contributed by atoms with van der Waals surface area (Å²) in [4.78, 5) is 15.3. The Morgan fingerprint density at radius 3 is 2.75 bits per heavy atom. The minimum Gasteiger partial charge on any atom is -0.368 e. The zero-order valence-corrected chi connectivity index (χ0v) is 14.3. The van der Waals surface area contributed by atoms with Gasteiger partial charge in [-0.05, 0) is 24.6 Å². The van der Waals surface area contributed by atoms with E-state index in [0.29, 0.717) is 12.0 Å². The number of hydrogen-bond acceptors (Lipinski definition) is 6. The zero-order valence-electron chi connectivity index (χ0n) is 14.3. The van der Waals surface area contributed by atoms with Crippen molar-refractivity contribution in [3.05, 3.63) is 42.1 Å². The molecule has 1 saturated heterocycles. The van der Waals surface area contributed by atoms with Crippen LogP contribution in [0.2, 0.25) is 0 Å². The van der Waals surface area contributed by atoms with Crippen LogP contribution < -0.4 is 14.7 Å². The maximum absolute atomic E-state index is 9.31. The van der Waals surface area contributed by atoms with Crippen molar-refractivity contribution in [1.82, 2.24) is 9.97 Å².